The van der Waals surface area contributed by atoms with Gasteiger partial charge < -0.3 is 21.5 Å². The first-order valence-electron chi connectivity index (χ1n) is 13.0. The number of aromatic nitrogens is 4. The summed E-state index contributed by atoms with van der Waals surface area (Å²) in [4.78, 5) is 26.1. The number of rotatable bonds is 3. The van der Waals surface area contributed by atoms with E-state index in [1.807, 2.05) is 16.8 Å². The molecule has 1 atom stereocenters. The van der Waals surface area contributed by atoms with Crippen LogP contribution in [0.3, 0.4) is 0 Å². The molecule has 1 spiro atoms. The third-order valence-electron chi connectivity index (χ3n) is 8.43. The first kappa shape index (κ1) is 23.9. The maximum Gasteiger partial charge on any atom is 0.281 e. The van der Waals surface area contributed by atoms with Gasteiger partial charge in [-0.05, 0) is 61.6 Å². The molecule has 10 heteroatoms. The largest absolute Gasteiger partial charge is 0.386 e. The molecule has 6 rings (SSSR count). The van der Waals surface area contributed by atoms with Crippen molar-refractivity contribution in [2.75, 3.05) is 35.2 Å². The molecule has 0 saturated carbocycles. The fourth-order valence-corrected chi connectivity index (χ4v) is 6.18. The van der Waals surface area contributed by atoms with Crippen LogP contribution in [-0.2, 0) is 18.6 Å². The van der Waals surface area contributed by atoms with E-state index >= 15 is 0 Å². The number of benzene rings is 1. The van der Waals surface area contributed by atoms with Crippen LogP contribution in [0.1, 0.15) is 66.3 Å². The molecule has 1 aliphatic carbocycles. The van der Waals surface area contributed by atoms with Crippen LogP contribution in [0, 0.1) is 5.41 Å². The molecule has 1 aromatic carbocycles. The summed E-state index contributed by atoms with van der Waals surface area (Å²) < 4.78 is 1.82. The molecule has 1 fully saturated rings. The standard InChI is InChI=1S/C27H34N8O2/c1-26(2,37)18-5-4-17-15-27(23(28)19(17)14-18)7-12-33(13-8-27)20-16-30-22(24(29)32-20)25(36)34-10-3-11-35-21(34)6-9-31-35/h4-6,9,14,16,23,37H,3,7-8,10-13,15,28H2,1-2H3,(H2,29,32). The number of aliphatic hydroxyl groups is 1. The van der Waals surface area contributed by atoms with Gasteiger partial charge in [-0.2, -0.15) is 5.10 Å². The predicted molar refractivity (Wildman–Crippen MR) is 141 cm³/mol. The average Bonchev–Trinajstić information content (AvgIpc) is 3.46. The minimum absolute atomic E-state index is 0.0108. The van der Waals surface area contributed by atoms with Crippen molar-refractivity contribution < 1.29 is 9.90 Å². The summed E-state index contributed by atoms with van der Waals surface area (Å²) in [5.74, 6) is 1.33. The molecule has 4 heterocycles. The van der Waals surface area contributed by atoms with Crippen molar-refractivity contribution in [2.24, 2.45) is 11.1 Å². The molecule has 194 valence electrons. The predicted octanol–water partition coefficient (Wildman–Crippen LogP) is 2.38. The second-order valence-electron chi connectivity index (χ2n) is 11.2. The van der Waals surface area contributed by atoms with Crippen molar-refractivity contribution in [3.8, 4) is 0 Å². The van der Waals surface area contributed by atoms with Gasteiger partial charge >= 0.3 is 0 Å². The molecule has 3 aliphatic rings. The topological polar surface area (TPSA) is 139 Å². The first-order valence-corrected chi connectivity index (χ1v) is 13.0. The molecule has 2 aliphatic heterocycles. The molecule has 1 amide bonds. The molecule has 1 unspecified atom stereocenters. The van der Waals surface area contributed by atoms with E-state index in [1.165, 1.54) is 5.56 Å². The normalized spacial score (nSPS) is 20.7. The minimum Gasteiger partial charge on any atom is -0.386 e. The lowest BCUT2D eigenvalue weighted by Gasteiger charge is -2.42. The van der Waals surface area contributed by atoms with Crippen molar-refractivity contribution in [3.05, 3.63) is 59.0 Å². The van der Waals surface area contributed by atoms with Crippen LogP contribution in [0.5, 0.6) is 0 Å². The molecule has 2 aromatic heterocycles. The van der Waals surface area contributed by atoms with E-state index in [4.69, 9.17) is 11.5 Å². The average molecular weight is 503 g/mol. The number of fused-ring (bicyclic) bond motifs is 2. The summed E-state index contributed by atoms with van der Waals surface area (Å²) in [6.07, 6.45) is 6.95. The van der Waals surface area contributed by atoms with Crippen molar-refractivity contribution in [1.82, 2.24) is 19.7 Å². The quantitative estimate of drug-likeness (QED) is 0.496. The Kier molecular flexibility index (Phi) is 5.50. The molecule has 10 nitrogen and oxygen atoms in total. The Morgan fingerprint density at radius 3 is 2.68 bits per heavy atom. The van der Waals surface area contributed by atoms with Crippen LogP contribution in [0.25, 0.3) is 0 Å². The summed E-state index contributed by atoms with van der Waals surface area (Å²) in [6.45, 7) is 6.56. The third-order valence-corrected chi connectivity index (χ3v) is 8.43. The van der Waals surface area contributed by atoms with Crippen LogP contribution >= 0.6 is 0 Å². The number of nitrogen functional groups attached to an aromatic ring is 1. The zero-order valence-electron chi connectivity index (χ0n) is 21.4. The highest BCUT2D eigenvalue weighted by Gasteiger charge is 2.46. The van der Waals surface area contributed by atoms with Gasteiger partial charge in [0, 0.05) is 38.3 Å². The maximum absolute atomic E-state index is 13.2. The summed E-state index contributed by atoms with van der Waals surface area (Å²) in [5.41, 5.74) is 15.7. The van der Waals surface area contributed by atoms with E-state index in [-0.39, 0.29) is 28.9 Å². The van der Waals surface area contributed by atoms with Gasteiger partial charge in [-0.15, -0.1) is 0 Å². The van der Waals surface area contributed by atoms with E-state index < -0.39 is 5.60 Å². The summed E-state index contributed by atoms with van der Waals surface area (Å²) in [5, 5.41) is 14.7. The highest BCUT2D eigenvalue weighted by molar-refractivity contribution is 6.07. The van der Waals surface area contributed by atoms with Gasteiger partial charge in [0.2, 0.25) is 0 Å². The van der Waals surface area contributed by atoms with E-state index in [0.717, 1.165) is 62.3 Å². The molecule has 0 bridgehead atoms. The van der Waals surface area contributed by atoms with Crippen LogP contribution in [0.2, 0.25) is 0 Å². The zero-order chi connectivity index (χ0) is 25.9. The van der Waals surface area contributed by atoms with E-state index in [1.54, 1.807) is 31.1 Å². The van der Waals surface area contributed by atoms with Crippen LogP contribution in [-0.4, -0.2) is 50.4 Å². The number of amides is 1. The first-order chi connectivity index (χ1) is 17.7. The number of hydrogen-bond acceptors (Lipinski definition) is 8. The number of hydrogen-bond donors (Lipinski definition) is 3. The summed E-state index contributed by atoms with van der Waals surface area (Å²) in [6, 6.07) is 7.98. The zero-order valence-corrected chi connectivity index (χ0v) is 21.4. The van der Waals surface area contributed by atoms with Gasteiger partial charge in [-0.3, -0.25) is 9.69 Å². The lowest BCUT2D eigenvalue weighted by Crippen LogP contribution is -2.44. The van der Waals surface area contributed by atoms with E-state index in [9.17, 15) is 9.90 Å². The number of carbonyl (C=O) groups excluding carboxylic acids is 1. The molecule has 1 saturated heterocycles. The van der Waals surface area contributed by atoms with E-state index in [2.05, 4.69) is 32.1 Å². The van der Waals surface area contributed by atoms with Gasteiger partial charge in [-0.1, -0.05) is 18.2 Å². The van der Waals surface area contributed by atoms with Gasteiger partial charge in [-0.25, -0.2) is 14.6 Å². The molecular formula is C27H34N8O2. The van der Waals surface area contributed by atoms with Crippen molar-refractivity contribution in [3.63, 3.8) is 0 Å². The van der Waals surface area contributed by atoms with Crippen molar-refractivity contribution in [2.45, 2.75) is 57.7 Å². The lowest BCUT2D eigenvalue weighted by atomic mass is 9.73. The monoisotopic (exact) mass is 502 g/mol. The number of nitrogens with two attached hydrogens (primary N) is 2. The lowest BCUT2D eigenvalue weighted by molar-refractivity contribution is 0.0784. The minimum atomic E-state index is -0.894. The van der Waals surface area contributed by atoms with E-state index in [0.29, 0.717) is 12.4 Å². The van der Waals surface area contributed by atoms with Gasteiger partial charge in [0.05, 0.1) is 18.0 Å². The highest BCUT2D eigenvalue weighted by atomic mass is 16.3. The Morgan fingerprint density at radius 2 is 1.95 bits per heavy atom. The van der Waals surface area contributed by atoms with Crippen LogP contribution < -0.4 is 21.3 Å². The number of anilines is 3. The Bertz CT molecular complexity index is 1350. The maximum atomic E-state index is 13.2. The SMILES string of the molecule is CC(C)(O)c1ccc2c(c1)C(N)C1(CCN(c3cnc(C(=O)N4CCCn5nccc54)c(N)n3)CC1)C2. The van der Waals surface area contributed by atoms with Crippen LogP contribution in [0.15, 0.2) is 36.7 Å². The highest BCUT2D eigenvalue weighted by Crippen LogP contribution is 2.51. The van der Waals surface area contributed by atoms with Crippen LogP contribution in [0.4, 0.5) is 17.5 Å². The Morgan fingerprint density at radius 1 is 1.16 bits per heavy atom. The summed E-state index contributed by atoms with van der Waals surface area (Å²) >= 11 is 0. The number of aryl methyl sites for hydroxylation is 1. The van der Waals surface area contributed by atoms with Gasteiger partial charge in [0.1, 0.15) is 11.6 Å². The van der Waals surface area contributed by atoms with Gasteiger partial charge in [0.15, 0.2) is 11.5 Å². The molecule has 3 aromatic rings. The van der Waals surface area contributed by atoms with Crippen molar-refractivity contribution in [1.29, 1.82) is 0 Å². The molecular weight excluding hydrogens is 468 g/mol. The second-order valence-corrected chi connectivity index (χ2v) is 11.2. The second kappa shape index (κ2) is 8.53. The fourth-order valence-electron chi connectivity index (χ4n) is 6.18. The molecule has 0 radical (unpaired) electrons. The van der Waals surface area contributed by atoms with Gasteiger partial charge in [0.25, 0.3) is 5.91 Å². The Hall–Kier alpha value is -3.50. The number of nitrogens with zero attached hydrogens (tertiary/aromatic N) is 6. The Labute approximate surface area is 216 Å². The summed E-state index contributed by atoms with van der Waals surface area (Å²) in [7, 11) is 0. The third kappa shape index (κ3) is 3.95. The smallest absolute Gasteiger partial charge is 0.281 e. The molecule has 37 heavy (non-hydrogen) atoms. The fraction of sp³-hybridized carbons (Fsp3) is 0.481. The number of carbonyl (C=O) groups is 1. The number of piperidine rings is 1. The van der Waals surface area contributed by atoms with Crippen molar-refractivity contribution >= 4 is 23.4 Å². The molecule has 5 N–H and O–H groups in total. The Balaban J connectivity index is 1.16.